The van der Waals surface area contributed by atoms with E-state index in [4.69, 9.17) is 33.7 Å². The van der Waals surface area contributed by atoms with Gasteiger partial charge in [-0.05, 0) is 62.6 Å². The first-order valence-corrected chi connectivity index (χ1v) is 12.6. The van der Waals surface area contributed by atoms with Gasteiger partial charge >= 0.3 is 6.03 Å². The highest BCUT2D eigenvalue weighted by Gasteiger charge is 2.22. The van der Waals surface area contributed by atoms with Gasteiger partial charge in [0.25, 0.3) is 5.91 Å². The molecule has 1 aromatic carbocycles. The van der Waals surface area contributed by atoms with Crippen LogP contribution in [0.3, 0.4) is 0 Å². The molecule has 1 saturated heterocycles. The molecule has 1 aliphatic rings. The third-order valence-electron chi connectivity index (χ3n) is 5.61. The van der Waals surface area contributed by atoms with Crippen LogP contribution in [0.1, 0.15) is 34.3 Å². The van der Waals surface area contributed by atoms with Gasteiger partial charge in [0.15, 0.2) is 0 Å². The Morgan fingerprint density at radius 3 is 2.62 bits per heavy atom. The molecule has 1 aromatic heterocycles. The van der Waals surface area contributed by atoms with Crippen LogP contribution >= 0.6 is 34.7 Å². The molecule has 0 aliphatic carbocycles. The summed E-state index contributed by atoms with van der Waals surface area (Å²) in [5.74, 6) is -0.716. The Balaban J connectivity index is 1.47. The number of amides is 3. The maximum atomic E-state index is 12.3. The van der Waals surface area contributed by atoms with E-state index in [0.29, 0.717) is 22.2 Å². The molecule has 0 saturated carbocycles. The molecule has 1 fully saturated rings. The van der Waals surface area contributed by atoms with E-state index in [1.807, 2.05) is 6.92 Å². The fourth-order valence-electron chi connectivity index (χ4n) is 3.50. The maximum absolute atomic E-state index is 12.3. The Morgan fingerprint density at radius 1 is 1.18 bits per heavy atom. The number of nitrogens with two attached hydrogens (primary N) is 1. The van der Waals surface area contributed by atoms with Crippen molar-refractivity contribution >= 4 is 51.7 Å². The standard InChI is InChI=1S/C22H30Cl2N6O3S/c1-14-11-17(24)15(12-16(14)23)13-33-20-18(19(25)31)21(34-28-20)27-22(32)26-5-3-4-6-30-9-7-29(2)8-10-30/h11-12H,3-10,13H2,1-2H3,(H2,25,31)(H2,26,27,32). The SMILES string of the molecule is Cc1cc(Cl)c(COc2nsc(NC(=O)NCCCCN3CCN(C)CC3)c2C(N)=O)cc1Cl. The van der Waals surface area contributed by atoms with E-state index in [1.54, 1.807) is 12.1 Å². The largest absolute Gasteiger partial charge is 0.472 e. The molecule has 3 amide bonds. The van der Waals surface area contributed by atoms with Crippen molar-refractivity contribution in [2.24, 2.45) is 5.73 Å². The molecule has 9 nitrogen and oxygen atoms in total. The number of ether oxygens (including phenoxy) is 1. The van der Waals surface area contributed by atoms with Crippen molar-refractivity contribution in [2.45, 2.75) is 26.4 Å². The van der Waals surface area contributed by atoms with Crippen LogP contribution < -0.4 is 21.1 Å². The molecule has 2 heterocycles. The molecular formula is C22H30Cl2N6O3S. The number of likely N-dealkylation sites (N-methyl/N-ethyl adjacent to an activating group) is 1. The highest BCUT2D eigenvalue weighted by Crippen LogP contribution is 2.32. The predicted molar refractivity (Wildman–Crippen MR) is 136 cm³/mol. The number of nitrogens with zero attached hydrogens (tertiary/aromatic N) is 3. The zero-order valence-electron chi connectivity index (χ0n) is 19.3. The van der Waals surface area contributed by atoms with Crippen molar-refractivity contribution < 1.29 is 14.3 Å². The Morgan fingerprint density at radius 2 is 1.91 bits per heavy atom. The molecule has 34 heavy (non-hydrogen) atoms. The summed E-state index contributed by atoms with van der Waals surface area (Å²) in [7, 11) is 2.14. The van der Waals surface area contributed by atoms with E-state index in [-0.39, 0.29) is 23.1 Å². The summed E-state index contributed by atoms with van der Waals surface area (Å²) in [5, 5.41) is 6.72. The molecule has 186 valence electrons. The first kappa shape index (κ1) is 26.5. The lowest BCUT2D eigenvalue weighted by molar-refractivity contribution is 0.0996. The Labute approximate surface area is 213 Å². The van der Waals surface area contributed by atoms with Crippen LogP contribution in [0.4, 0.5) is 9.80 Å². The van der Waals surface area contributed by atoms with Crippen molar-refractivity contribution in [3.63, 3.8) is 0 Å². The summed E-state index contributed by atoms with van der Waals surface area (Å²) in [6.07, 6.45) is 1.86. The van der Waals surface area contributed by atoms with Gasteiger partial charge in [0.2, 0.25) is 5.88 Å². The van der Waals surface area contributed by atoms with Crippen molar-refractivity contribution in [3.8, 4) is 5.88 Å². The number of carbonyl (C=O) groups excluding carboxylic acids is 2. The second kappa shape index (κ2) is 12.6. The lowest BCUT2D eigenvalue weighted by atomic mass is 10.1. The van der Waals surface area contributed by atoms with Crippen molar-refractivity contribution in [3.05, 3.63) is 38.9 Å². The summed E-state index contributed by atoms with van der Waals surface area (Å²) in [6.45, 7) is 7.79. The molecular weight excluding hydrogens is 499 g/mol. The number of unbranched alkanes of at least 4 members (excludes halogenated alkanes) is 1. The second-order valence-corrected chi connectivity index (χ2v) is 9.86. The zero-order valence-corrected chi connectivity index (χ0v) is 21.7. The normalized spacial score (nSPS) is 14.7. The van der Waals surface area contributed by atoms with Crippen molar-refractivity contribution in [2.75, 3.05) is 51.6 Å². The molecule has 3 rings (SSSR count). The number of carbonyl (C=O) groups is 2. The number of primary amides is 1. The zero-order chi connectivity index (χ0) is 24.7. The van der Waals surface area contributed by atoms with Gasteiger partial charge in [0.1, 0.15) is 17.2 Å². The molecule has 2 aromatic rings. The second-order valence-electron chi connectivity index (χ2n) is 8.27. The highest BCUT2D eigenvalue weighted by molar-refractivity contribution is 7.11. The topological polar surface area (TPSA) is 113 Å². The smallest absolute Gasteiger partial charge is 0.319 e. The minimum atomic E-state index is -0.751. The van der Waals surface area contributed by atoms with Crippen LogP contribution in [0.25, 0.3) is 0 Å². The fourth-order valence-corrected chi connectivity index (χ4v) is 4.70. The number of nitrogens with one attached hydrogen (secondary N) is 2. The van der Waals surface area contributed by atoms with E-state index < -0.39 is 11.9 Å². The van der Waals surface area contributed by atoms with Crippen LogP contribution in [0.2, 0.25) is 10.0 Å². The highest BCUT2D eigenvalue weighted by atomic mass is 35.5. The van der Waals surface area contributed by atoms with Gasteiger partial charge in [0, 0.05) is 48.3 Å². The van der Waals surface area contributed by atoms with E-state index in [2.05, 4.69) is 31.9 Å². The summed E-state index contributed by atoms with van der Waals surface area (Å²) in [6, 6.07) is 3.01. The Kier molecular flexibility index (Phi) is 9.78. The van der Waals surface area contributed by atoms with Gasteiger partial charge in [-0.1, -0.05) is 23.2 Å². The number of halogens is 2. The maximum Gasteiger partial charge on any atom is 0.319 e. The first-order chi connectivity index (χ1) is 16.2. The van der Waals surface area contributed by atoms with Crippen molar-refractivity contribution in [1.29, 1.82) is 0 Å². The minimum absolute atomic E-state index is 0.0181. The van der Waals surface area contributed by atoms with E-state index in [9.17, 15) is 9.59 Å². The molecule has 1 aliphatic heterocycles. The number of urea groups is 1. The average Bonchev–Trinajstić information content (AvgIpc) is 3.19. The summed E-state index contributed by atoms with van der Waals surface area (Å²) in [4.78, 5) is 29.1. The number of benzene rings is 1. The van der Waals surface area contributed by atoms with E-state index in [1.165, 1.54) is 0 Å². The summed E-state index contributed by atoms with van der Waals surface area (Å²) < 4.78 is 9.81. The molecule has 0 unspecified atom stereocenters. The number of hydrogen-bond acceptors (Lipinski definition) is 7. The van der Waals surface area contributed by atoms with Crippen LogP contribution in [-0.2, 0) is 6.61 Å². The molecule has 12 heteroatoms. The van der Waals surface area contributed by atoms with E-state index >= 15 is 0 Å². The van der Waals surface area contributed by atoms with Crippen LogP contribution in [0.15, 0.2) is 12.1 Å². The third-order valence-corrected chi connectivity index (χ3v) is 7.11. The summed E-state index contributed by atoms with van der Waals surface area (Å²) >= 11 is 13.3. The number of aromatic nitrogens is 1. The molecule has 0 radical (unpaired) electrons. The number of rotatable bonds is 10. The predicted octanol–water partition coefficient (Wildman–Crippen LogP) is 3.59. The minimum Gasteiger partial charge on any atom is -0.472 e. The van der Waals surface area contributed by atoms with E-state index in [0.717, 1.165) is 62.7 Å². The summed E-state index contributed by atoms with van der Waals surface area (Å²) in [5.41, 5.74) is 7.03. The third kappa shape index (κ3) is 7.44. The monoisotopic (exact) mass is 528 g/mol. The molecule has 4 N–H and O–H groups in total. The number of aryl methyl sites for hydroxylation is 1. The van der Waals surface area contributed by atoms with Gasteiger partial charge in [-0.25, -0.2) is 4.79 Å². The molecule has 0 atom stereocenters. The van der Waals surface area contributed by atoms with Crippen LogP contribution in [0, 0.1) is 6.92 Å². The van der Waals surface area contributed by atoms with Gasteiger partial charge in [0.05, 0.1) is 0 Å². The van der Waals surface area contributed by atoms with Crippen LogP contribution in [0.5, 0.6) is 5.88 Å². The fraction of sp³-hybridized carbons (Fsp3) is 0.500. The lowest BCUT2D eigenvalue weighted by Gasteiger charge is -2.32. The number of anilines is 1. The van der Waals surface area contributed by atoms with Gasteiger partial charge in [-0.2, -0.15) is 4.37 Å². The van der Waals surface area contributed by atoms with Gasteiger partial charge in [-0.15, -0.1) is 0 Å². The van der Waals surface area contributed by atoms with Crippen LogP contribution in [-0.4, -0.2) is 72.4 Å². The number of piperazine rings is 1. The quantitative estimate of drug-likeness (QED) is 0.406. The Bertz CT molecular complexity index is 1010. The molecule has 0 bridgehead atoms. The molecule has 0 spiro atoms. The Hall–Kier alpha value is -2.11. The van der Waals surface area contributed by atoms with Gasteiger partial charge in [-0.3, -0.25) is 10.1 Å². The average molecular weight is 529 g/mol. The lowest BCUT2D eigenvalue weighted by Crippen LogP contribution is -2.44. The van der Waals surface area contributed by atoms with Crippen molar-refractivity contribution in [1.82, 2.24) is 19.5 Å². The first-order valence-electron chi connectivity index (χ1n) is 11.1. The number of hydrogen-bond donors (Lipinski definition) is 3. The van der Waals surface area contributed by atoms with Gasteiger partial charge < -0.3 is 25.6 Å².